The second-order valence-corrected chi connectivity index (χ2v) is 8.55. The molecule has 34 heavy (non-hydrogen) atoms. The lowest BCUT2D eigenvalue weighted by molar-refractivity contribution is -0.134. The Labute approximate surface area is 201 Å². The molecular formula is C26H34N4O4. The number of nitrogens with zero attached hydrogens (tertiary/aromatic N) is 4. The fraction of sp³-hybridized carbons (Fsp3) is 0.462. The Morgan fingerprint density at radius 2 is 1.56 bits per heavy atom. The van der Waals surface area contributed by atoms with E-state index in [2.05, 4.69) is 16.7 Å². The van der Waals surface area contributed by atoms with Gasteiger partial charge in [0.15, 0.2) is 0 Å². The van der Waals surface area contributed by atoms with Gasteiger partial charge in [-0.1, -0.05) is 19.1 Å². The molecule has 0 spiro atoms. The highest BCUT2D eigenvalue weighted by atomic mass is 16.5. The number of ether oxygens (including phenoxy) is 3. The van der Waals surface area contributed by atoms with Crippen LogP contribution < -0.4 is 14.2 Å². The number of hydrazone groups is 1. The molecule has 182 valence electrons. The Kier molecular flexibility index (Phi) is 7.70. The topological polar surface area (TPSA) is 66.8 Å². The first kappa shape index (κ1) is 24.0. The van der Waals surface area contributed by atoms with Crippen molar-refractivity contribution in [3.8, 4) is 17.2 Å². The predicted octanol–water partition coefficient (Wildman–Crippen LogP) is 3.03. The van der Waals surface area contributed by atoms with Gasteiger partial charge < -0.3 is 19.1 Å². The van der Waals surface area contributed by atoms with E-state index in [9.17, 15) is 4.79 Å². The number of hydrogen-bond donors (Lipinski definition) is 0. The molecule has 0 saturated carbocycles. The second-order valence-electron chi connectivity index (χ2n) is 8.55. The van der Waals surface area contributed by atoms with Crippen molar-refractivity contribution in [1.29, 1.82) is 0 Å². The third-order valence-electron chi connectivity index (χ3n) is 6.66. The van der Waals surface area contributed by atoms with Gasteiger partial charge in [0.05, 0.1) is 39.6 Å². The fourth-order valence-electron chi connectivity index (χ4n) is 4.55. The number of rotatable bonds is 8. The summed E-state index contributed by atoms with van der Waals surface area (Å²) in [6.07, 6.45) is 0.602. The zero-order valence-electron chi connectivity index (χ0n) is 20.5. The Bertz CT molecular complexity index is 1020. The van der Waals surface area contributed by atoms with Crippen LogP contribution in [-0.2, 0) is 4.79 Å². The lowest BCUT2D eigenvalue weighted by Gasteiger charge is -2.34. The number of carbonyl (C=O) groups is 1. The van der Waals surface area contributed by atoms with E-state index in [0.29, 0.717) is 24.5 Å². The van der Waals surface area contributed by atoms with Gasteiger partial charge in [0.2, 0.25) is 0 Å². The molecule has 8 heteroatoms. The number of benzene rings is 2. The van der Waals surface area contributed by atoms with Gasteiger partial charge in [-0.05, 0) is 36.4 Å². The molecule has 1 saturated heterocycles. The highest BCUT2D eigenvalue weighted by Crippen LogP contribution is 2.36. The quantitative estimate of drug-likeness (QED) is 0.596. The number of piperazine rings is 1. The number of hydrogen-bond acceptors (Lipinski definition) is 7. The summed E-state index contributed by atoms with van der Waals surface area (Å²) in [5, 5.41) is 6.49. The van der Waals surface area contributed by atoms with Crippen LogP contribution in [0.25, 0.3) is 0 Å². The molecule has 1 atom stereocenters. The summed E-state index contributed by atoms with van der Waals surface area (Å²) in [7, 11) is 4.91. The minimum Gasteiger partial charge on any atom is -0.497 e. The van der Waals surface area contributed by atoms with Crippen LogP contribution in [0.2, 0.25) is 0 Å². The van der Waals surface area contributed by atoms with Gasteiger partial charge in [-0.15, -0.1) is 0 Å². The summed E-state index contributed by atoms with van der Waals surface area (Å²) < 4.78 is 16.3. The first-order valence-electron chi connectivity index (χ1n) is 11.8. The SMILES string of the molecule is CCN1CCN(CC(=O)N2N=C(c3ccc(OC)cc3OC)CC2c2ccc(OC)cc2)CC1. The molecule has 0 bridgehead atoms. The van der Waals surface area contributed by atoms with Crippen LogP contribution in [0.4, 0.5) is 0 Å². The van der Waals surface area contributed by atoms with Crippen molar-refractivity contribution < 1.29 is 19.0 Å². The lowest BCUT2D eigenvalue weighted by Crippen LogP contribution is -2.49. The number of likely N-dealkylation sites (N-methyl/N-ethyl adjacent to an activating group) is 1. The molecule has 2 aliphatic heterocycles. The molecule has 0 aromatic heterocycles. The molecule has 2 aromatic rings. The molecule has 2 aromatic carbocycles. The van der Waals surface area contributed by atoms with Crippen molar-refractivity contribution in [1.82, 2.24) is 14.8 Å². The summed E-state index contributed by atoms with van der Waals surface area (Å²) in [5.74, 6) is 2.18. The Morgan fingerprint density at radius 3 is 2.18 bits per heavy atom. The third-order valence-corrected chi connectivity index (χ3v) is 6.66. The third kappa shape index (κ3) is 5.18. The molecular weight excluding hydrogens is 432 g/mol. The molecule has 2 aliphatic rings. The summed E-state index contributed by atoms with van der Waals surface area (Å²) in [6, 6.07) is 13.4. The second kappa shape index (κ2) is 10.9. The molecule has 1 fully saturated rings. The number of carbonyl (C=O) groups excluding carboxylic acids is 1. The van der Waals surface area contributed by atoms with Gasteiger partial charge in [-0.3, -0.25) is 9.69 Å². The monoisotopic (exact) mass is 466 g/mol. The molecule has 0 N–H and O–H groups in total. The maximum atomic E-state index is 13.5. The van der Waals surface area contributed by atoms with E-state index >= 15 is 0 Å². The highest BCUT2D eigenvalue weighted by Gasteiger charge is 2.35. The summed E-state index contributed by atoms with van der Waals surface area (Å²) >= 11 is 0. The van der Waals surface area contributed by atoms with Crippen LogP contribution in [0, 0.1) is 0 Å². The van der Waals surface area contributed by atoms with Crippen LogP contribution in [0.1, 0.15) is 30.5 Å². The first-order chi connectivity index (χ1) is 16.6. The molecule has 2 heterocycles. The normalized spacial score (nSPS) is 19.1. The smallest absolute Gasteiger partial charge is 0.257 e. The minimum absolute atomic E-state index is 0.00763. The van der Waals surface area contributed by atoms with Crippen molar-refractivity contribution >= 4 is 11.6 Å². The Morgan fingerprint density at radius 1 is 0.912 bits per heavy atom. The first-order valence-corrected chi connectivity index (χ1v) is 11.8. The van der Waals surface area contributed by atoms with E-state index in [0.717, 1.165) is 55.3 Å². The molecule has 0 radical (unpaired) electrons. The summed E-state index contributed by atoms with van der Waals surface area (Å²) in [4.78, 5) is 18.1. The zero-order valence-corrected chi connectivity index (χ0v) is 20.5. The molecule has 8 nitrogen and oxygen atoms in total. The van der Waals surface area contributed by atoms with E-state index in [-0.39, 0.29) is 11.9 Å². The predicted molar refractivity (Wildman–Crippen MR) is 132 cm³/mol. The minimum atomic E-state index is -0.183. The standard InChI is InChI=1S/C26H34N4O4/c1-5-28-12-14-29(15-13-28)18-26(31)30-24(19-6-8-20(32-2)9-7-19)17-23(27-30)22-11-10-21(33-3)16-25(22)34-4/h6-11,16,24H,5,12-15,17-18H2,1-4H3. The Balaban J connectivity index is 1.60. The van der Waals surface area contributed by atoms with E-state index in [1.807, 2.05) is 42.5 Å². The van der Waals surface area contributed by atoms with Crippen LogP contribution in [-0.4, -0.2) is 87.0 Å². The molecule has 1 unspecified atom stereocenters. The molecule has 4 rings (SSSR count). The van der Waals surface area contributed by atoms with Gasteiger partial charge in [-0.25, -0.2) is 5.01 Å². The zero-order chi connectivity index (χ0) is 24.1. The fourth-order valence-corrected chi connectivity index (χ4v) is 4.55. The van der Waals surface area contributed by atoms with E-state index < -0.39 is 0 Å². The number of amides is 1. The van der Waals surface area contributed by atoms with Gasteiger partial charge in [0.1, 0.15) is 17.2 Å². The molecule has 1 amide bonds. The van der Waals surface area contributed by atoms with E-state index in [1.54, 1.807) is 26.3 Å². The van der Waals surface area contributed by atoms with Gasteiger partial charge in [0, 0.05) is 44.2 Å². The maximum Gasteiger partial charge on any atom is 0.257 e. The average Bonchev–Trinajstić information content (AvgIpc) is 3.34. The van der Waals surface area contributed by atoms with Gasteiger partial charge >= 0.3 is 0 Å². The van der Waals surface area contributed by atoms with Crippen LogP contribution in [0.5, 0.6) is 17.2 Å². The number of methoxy groups -OCH3 is 3. The average molecular weight is 467 g/mol. The van der Waals surface area contributed by atoms with Crippen LogP contribution >= 0.6 is 0 Å². The van der Waals surface area contributed by atoms with Gasteiger partial charge in [0.25, 0.3) is 5.91 Å². The van der Waals surface area contributed by atoms with Crippen LogP contribution in [0.15, 0.2) is 47.6 Å². The molecule has 0 aliphatic carbocycles. The van der Waals surface area contributed by atoms with Crippen molar-refractivity contribution in [2.45, 2.75) is 19.4 Å². The van der Waals surface area contributed by atoms with Crippen molar-refractivity contribution in [3.05, 3.63) is 53.6 Å². The highest BCUT2D eigenvalue weighted by molar-refractivity contribution is 6.05. The van der Waals surface area contributed by atoms with Crippen molar-refractivity contribution in [2.75, 3.05) is 60.6 Å². The van der Waals surface area contributed by atoms with E-state index in [1.165, 1.54) is 0 Å². The van der Waals surface area contributed by atoms with Crippen molar-refractivity contribution in [3.63, 3.8) is 0 Å². The Hall–Kier alpha value is -3.10. The lowest BCUT2D eigenvalue weighted by atomic mass is 9.97. The van der Waals surface area contributed by atoms with Crippen molar-refractivity contribution in [2.24, 2.45) is 5.10 Å². The summed E-state index contributed by atoms with van der Waals surface area (Å²) in [5.41, 5.74) is 2.72. The maximum absolute atomic E-state index is 13.5. The van der Waals surface area contributed by atoms with Crippen LogP contribution in [0.3, 0.4) is 0 Å². The summed E-state index contributed by atoms with van der Waals surface area (Å²) in [6.45, 7) is 7.35. The largest absolute Gasteiger partial charge is 0.497 e. The van der Waals surface area contributed by atoms with Gasteiger partial charge in [-0.2, -0.15) is 5.10 Å². The van der Waals surface area contributed by atoms with E-state index in [4.69, 9.17) is 19.3 Å².